The molecule has 0 aliphatic heterocycles. The summed E-state index contributed by atoms with van der Waals surface area (Å²) in [6.45, 7) is 4.62. The van der Waals surface area contributed by atoms with Gasteiger partial charge in [-0.25, -0.2) is 0 Å². The monoisotopic (exact) mass is 364 g/mol. The van der Waals surface area contributed by atoms with Crippen molar-refractivity contribution in [1.29, 1.82) is 0 Å². The lowest BCUT2D eigenvalue weighted by molar-refractivity contribution is 0.403. The maximum atomic E-state index is 2.43. The Kier molecular flexibility index (Phi) is 10.1. The molecule has 2 rings (SSSR count). The molecule has 1 atom stereocenters. The van der Waals surface area contributed by atoms with Crippen molar-refractivity contribution >= 4 is 32.1 Å². The van der Waals surface area contributed by atoms with E-state index in [-0.39, 0.29) is 0 Å². The van der Waals surface area contributed by atoms with Crippen molar-refractivity contribution in [2.75, 3.05) is 0 Å². The number of hydrogen-bond donors (Lipinski definition) is 0. The molecule has 0 radical (unpaired) electrons. The summed E-state index contributed by atoms with van der Waals surface area (Å²) in [5.74, 6) is 0.910. The normalized spacial score (nSPS) is 12.9. The van der Waals surface area contributed by atoms with Crippen LogP contribution in [0.15, 0.2) is 16.8 Å². The largest absolute Gasteiger partial charge is 0.143 e. The molecule has 2 heteroatoms. The van der Waals surface area contributed by atoms with Crippen molar-refractivity contribution < 1.29 is 0 Å². The van der Waals surface area contributed by atoms with Gasteiger partial charge in [-0.2, -0.15) is 0 Å². The summed E-state index contributed by atoms with van der Waals surface area (Å²) in [7, 11) is 0. The standard InChI is InChI=1S/C22H36S2/c1-3-5-7-9-10-12-14-19(13-11-8-6-4-2)17-20-18-24-21-15-16-23-22(20)21/h15-16,18-19H,3-14,17H2,1-2H3. The lowest BCUT2D eigenvalue weighted by Crippen LogP contribution is -2.05. The molecule has 1 unspecified atom stereocenters. The van der Waals surface area contributed by atoms with Crippen LogP contribution in [0.3, 0.4) is 0 Å². The van der Waals surface area contributed by atoms with Gasteiger partial charge in [-0.05, 0) is 34.7 Å². The maximum Gasteiger partial charge on any atom is 0.0482 e. The van der Waals surface area contributed by atoms with Crippen LogP contribution in [0.4, 0.5) is 0 Å². The summed E-state index contributed by atoms with van der Waals surface area (Å²) in [5.41, 5.74) is 1.64. The Hall–Kier alpha value is -0.340. The molecule has 2 heterocycles. The molecule has 0 N–H and O–H groups in total. The highest BCUT2D eigenvalue weighted by atomic mass is 32.1. The van der Waals surface area contributed by atoms with Crippen LogP contribution in [-0.4, -0.2) is 0 Å². The Morgan fingerprint density at radius 2 is 1.42 bits per heavy atom. The van der Waals surface area contributed by atoms with Crippen molar-refractivity contribution in [2.24, 2.45) is 5.92 Å². The Bertz CT molecular complexity index is 537. The first-order valence-electron chi connectivity index (χ1n) is 10.3. The molecule has 0 amide bonds. The molecule has 0 nitrogen and oxygen atoms in total. The highest BCUT2D eigenvalue weighted by Gasteiger charge is 2.13. The first kappa shape index (κ1) is 20.0. The first-order valence-corrected chi connectivity index (χ1v) is 12.0. The summed E-state index contributed by atoms with van der Waals surface area (Å²) < 4.78 is 3.07. The van der Waals surface area contributed by atoms with Crippen molar-refractivity contribution in [3.63, 3.8) is 0 Å². The summed E-state index contributed by atoms with van der Waals surface area (Å²) in [6, 6.07) is 2.29. The van der Waals surface area contributed by atoms with E-state index in [1.54, 1.807) is 10.3 Å². The lowest BCUT2D eigenvalue weighted by Gasteiger charge is -2.16. The van der Waals surface area contributed by atoms with E-state index in [1.165, 1.54) is 88.2 Å². The Morgan fingerprint density at radius 1 is 0.792 bits per heavy atom. The van der Waals surface area contributed by atoms with Crippen LogP contribution in [0.2, 0.25) is 0 Å². The minimum Gasteiger partial charge on any atom is -0.143 e. The predicted molar refractivity (Wildman–Crippen MR) is 114 cm³/mol. The van der Waals surface area contributed by atoms with E-state index in [0.717, 1.165) is 5.92 Å². The van der Waals surface area contributed by atoms with Crippen molar-refractivity contribution in [3.05, 3.63) is 22.4 Å². The van der Waals surface area contributed by atoms with Gasteiger partial charge in [0.1, 0.15) is 0 Å². The van der Waals surface area contributed by atoms with E-state index in [4.69, 9.17) is 0 Å². The molecule has 0 aromatic carbocycles. The number of rotatable bonds is 14. The van der Waals surface area contributed by atoms with Crippen LogP contribution in [0.5, 0.6) is 0 Å². The molecule has 2 aromatic heterocycles. The zero-order valence-corrected chi connectivity index (χ0v) is 17.5. The second-order valence-corrected chi connectivity index (χ2v) is 9.18. The summed E-state index contributed by atoms with van der Waals surface area (Å²) in [4.78, 5) is 0. The Morgan fingerprint density at radius 3 is 2.12 bits per heavy atom. The van der Waals surface area contributed by atoms with Gasteiger partial charge in [0.2, 0.25) is 0 Å². The smallest absolute Gasteiger partial charge is 0.0482 e. The molecule has 0 spiro atoms. The second-order valence-electron chi connectivity index (χ2n) is 7.35. The van der Waals surface area contributed by atoms with E-state index in [0.29, 0.717) is 0 Å². The fraction of sp³-hybridized carbons (Fsp3) is 0.727. The van der Waals surface area contributed by atoms with E-state index in [9.17, 15) is 0 Å². The van der Waals surface area contributed by atoms with E-state index < -0.39 is 0 Å². The Labute approximate surface area is 157 Å². The summed E-state index contributed by atoms with van der Waals surface area (Å²) in [5, 5.41) is 4.69. The molecule has 24 heavy (non-hydrogen) atoms. The van der Waals surface area contributed by atoms with Gasteiger partial charge in [0.05, 0.1) is 0 Å². The summed E-state index contributed by atoms with van der Waals surface area (Å²) in [6.07, 6.45) is 18.4. The van der Waals surface area contributed by atoms with Gasteiger partial charge in [-0.3, -0.25) is 0 Å². The number of unbranched alkanes of at least 4 members (excludes halogenated alkanes) is 8. The topological polar surface area (TPSA) is 0 Å². The number of fused-ring (bicyclic) bond motifs is 1. The van der Waals surface area contributed by atoms with Crippen LogP contribution >= 0.6 is 22.7 Å². The minimum atomic E-state index is 0.910. The van der Waals surface area contributed by atoms with Crippen LogP contribution in [0.25, 0.3) is 9.40 Å². The van der Waals surface area contributed by atoms with Gasteiger partial charge >= 0.3 is 0 Å². The molecular formula is C22H36S2. The van der Waals surface area contributed by atoms with Gasteiger partial charge in [0, 0.05) is 9.40 Å². The lowest BCUT2D eigenvalue weighted by atomic mass is 9.89. The SMILES string of the molecule is CCCCCCCCC(CCCCCC)Cc1csc2ccsc12. The predicted octanol–water partition coefficient (Wildman–Crippen LogP) is 8.84. The zero-order chi connectivity index (χ0) is 17.0. The molecule has 0 aliphatic carbocycles. The fourth-order valence-corrected chi connectivity index (χ4v) is 5.82. The van der Waals surface area contributed by atoms with Gasteiger partial charge in [0.25, 0.3) is 0 Å². The van der Waals surface area contributed by atoms with Crippen LogP contribution < -0.4 is 0 Å². The fourth-order valence-electron chi connectivity index (χ4n) is 3.69. The molecular weight excluding hydrogens is 328 g/mol. The molecule has 2 aromatic rings. The maximum absolute atomic E-state index is 2.43. The van der Waals surface area contributed by atoms with Crippen molar-refractivity contribution in [2.45, 2.75) is 97.3 Å². The van der Waals surface area contributed by atoms with E-state index in [2.05, 4.69) is 30.7 Å². The zero-order valence-electron chi connectivity index (χ0n) is 15.8. The average Bonchev–Trinajstić information content (AvgIpc) is 3.19. The highest BCUT2D eigenvalue weighted by Crippen LogP contribution is 2.34. The van der Waals surface area contributed by atoms with Gasteiger partial charge in [-0.1, -0.05) is 90.9 Å². The molecule has 0 saturated carbocycles. The van der Waals surface area contributed by atoms with E-state index in [1.807, 2.05) is 22.7 Å². The molecule has 0 bridgehead atoms. The molecule has 0 fully saturated rings. The molecule has 0 saturated heterocycles. The van der Waals surface area contributed by atoms with Gasteiger partial charge in [0.15, 0.2) is 0 Å². The summed E-state index contributed by atoms with van der Waals surface area (Å²) >= 11 is 3.88. The van der Waals surface area contributed by atoms with Crippen molar-refractivity contribution in [3.8, 4) is 0 Å². The first-order chi connectivity index (χ1) is 11.8. The van der Waals surface area contributed by atoms with E-state index >= 15 is 0 Å². The van der Waals surface area contributed by atoms with Crippen LogP contribution in [0, 0.1) is 5.92 Å². The van der Waals surface area contributed by atoms with Gasteiger partial charge < -0.3 is 0 Å². The average molecular weight is 365 g/mol. The van der Waals surface area contributed by atoms with Crippen LogP contribution in [0.1, 0.15) is 96.5 Å². The number of thiophene rings is 2. The quantitative estimate of drug-likeness (QED) is 0.294. The second kappa shape index (κ2) is 12.1. The minimum absolute atomic E-state index is 0.910. The molecule has 0 aliphatic rings. The third-order valence-corrected chi connectivity index (χ3v) is 7.31. The third-order valence-electron chi connectivity index (χ3n) is 5.19. The van der Waals surface area contributed by atoms with Crippen molar-refractivity contribution in [1.82, 2.24) is 0 Å². The highest BCUT2D eigenvalue weighted by molar-refractivity contribution is 7.26. The van der Waals surface area contributed by atoms with Gasteiger partial charge in [-0.15, -0.1) is 22.7 Å². The third kappa shape index (κ3) is 6.88. The Balaban J connectivity index is 1.79. The number of hydrogen-bond acceptors (Lipinski definition) is 2. The van der Waals surface area contributed by atoms with Crippen LogP contribution in [-0.2, 0) is 6.42 Å². The molecule has 136 valence electrons.